The van der Waals surface area contributed by atoms with Crippen molar-refractivity contribution in [1.82, 2.24) is 15.4 Å². The Balaban J connectivity index is 1.92. The van der Waals surface area contributed by atoms with Gasteiger partial charge in [-0.15, -0.1) is 0 Å². The molecule has 0 fully saturated rings. The maximum absolute atomic E-state index is 11.0. The van der Waals surface area contributed by atoms with Crippen LogP contribution < -0.4 is 15.1 Å². The van der Waals surface area contributed by atoms with E-state index in [0.29, 0.717) is 12.2 Å². The van der Waals surface area contributed by atoms with Crippen molar-refractivity contribution < 1.29 is 14.7 Å². The smallest absolute Gasteiger partial charge is 0.243 e. The highest BCUT2D eigenvalue weighted by Gasteiger charge is 2.11. The maximum Gasteiger partial charge on any atom is 0.243 e. The van der Waals surface area contributed by atoms with E-state index in [1.807, 2.05) is 30.3 Å². The number of hydrogen-bond donors (Lipinski definition) is 2. The molecule has 25 heavy (non-hydrogen) atoms. The molecule has 1 amide bonds. The van der Waals surface area contributed by atoms with Crippen LogP contribution in [-0.2, 0) is 4.79 Å². The molecular formula is C18H24N4O3. The molecule has 0 spiro atoms. The Morgan fingerprint density at radius 1 is 1.12 bits per heavy atom. The number of methoxy groups -OCH3 is 1. The van der Waals surface area contributed by atoms with Gasteiger partial charge in [0.1, 0.15) is 17.4 Å². The van der Waals surface area contributed by atoms with E-state index in [0.717, 1.165) is 43.9 Å². The SMILES string of the molecule is COc1ccc(N(CCCCCCC(=O)NO)c2ccccn2)nc1. The predicted octanol–water partition coefficient (Wildman–Crippen LogP) is 3.08. The van der Waals surface area contributed by atoms with Crippen LogP contribution in [0.3, 0.4) is 0 Å². The molecular weight excluding hydrogens is 320 g/mol. The van der Waals surface area contributed by atoms with Crippen LogP contribution in [0, 0.1) is 0 Å². The van der Waals surface area contributed by atoms with Crippen molar-refractivity contribution >= 4 is 17.5 Å². The Kier molecular flexibility index (Phi) is 7.65. The third-order valence-corrected chi connectivity index (χ3v) is 3.82. The maximum atomic E-state index is 11.0. The van der Waals surface area contributed by atoms with Crippen LogP contribution >= 0.6 is 0 Å². The summed E-state index contributed by atoms with van der Waals surface area (Å²) in [6, 6.07) is 9.59. The third-order valence-electron chi connectivity index (χ3n) is 3.82. The first kappa shape index (κ1) is 18.7. The van der Waals surface area contributed by atoms with Gasteiger partial charge in [0.25, 0.3) is 0 Å². The second-order valence-corrected chi connectivity index (χ2v) is 5.59. The Morgan fingerprint density at radius 2 is 1.92 bits per heavy atom. The van der Waals surface area contributed by atoms with Crippen LogP contribution in [0.4, 0.5) is 11.6 Å². The molecule has 0 aromatic carbocycles. The second-order valence-electron chi connectivity index (χ2n) is 5.59. The normalized spacial score (nSPS) is 10.3. The summed E-state index contributed by atoms with van der Waals surface area (Å²) in [5, 5.41) is 8.47. The molecule has 0 atom stereocenters. The van der Waals surface area contributed by atoms with Crippen molar-refractivity contribution in [2.45, 2.75) is 32.1 Å². The van der Waals surface area contributed by atoms with Crippen molar-refractivity contribution in [1.29, 1.82) is 0 Å². The van der Waals surface area contributed by atoms with Crippen LogP contribution in [0.2, 0.25) is 0 Å². The Hall–Kier alpha value is -2.67. The van der Waals surface area contributed by atoms with Crippen molar-refractivity contribution in [3.63, 3.8) is 0 Å². The Morgan fingerprint density at radius 3 is 2.56 bits per heavy atom. The van der Waals surface area contributed by atoms with Crippen molar-refractivity contribution in [3.8, 4) is 5.75 Å². The van der Waals surface area contributed by atoms with Crippen LogP contribution in [-0.4, -0.2) is 34.7 Å². The van der Waals surface area contributed by atoms with Crippen LogP contribution in [0.5, 0.6) is 5.75 Å². The lowest BCUT2D eigenvalue weighted by Crippen LogP contribution is -2.20. The summed E-state index contributed by atoms with van der Waals surface area (Å²) in [4.78, 5) is 21.9. The number of amides is 1. The lowest BCUT2D eigenvalue weighted by Gasteiger charge is -2.22. The van der Waals surface area contributed by atoms with Crippen molar-refractivity contribution in [2.75, 3.05) is 18.6 Å². The van der Waals surface area contributed by atoms with Gasteiger partial charge in [-0.25, -0.2) is 15.4 Å². The van der Waals surface area contributed by atoms with E-state index in [4.69, 9.17) is 9.94 Å². The molecule has 0 unspecified atom stereocenters. The predicted molar refractivity (Wildman–Crippen MR) is 95.0 cm³/mol. The number of aromatic nitrogens is 2. The van der Waals surface area contributed by atoms with Crippen molar-refractivity contribution in [3.05, 3.63) is 42.7 Å². The van der Waals surface area contributed by atoms with E-state index in [1.165, 1.54) is 0 Å². The van der Waals surface area contributed by atoms with Crippen molar-refractivity contribution in [2.24, 2.45) is 0 Å². The number of unbranched alkanes of at least 4 members (excludes halogenated alkanes) is 3. The number of pyridine rings is 2. The van der Waals surface area contributed by atoms with Gasteiger partial charge in [0.05, 0.1) is 13.3 Å². The monoisotopic (exact) mass is 344 g/mol. The molecule has 0 bridgehead atoms. The summed E-state index contributed by atoms with van der Waals surface area (Å²) in [7, 11) is 1.62. The minimum Gasteiger partial charge on any atom is -0.495 e. The zero-order valence-corrected chi connectivity index (χ0v) is 14.4. The van der Waals surface area contributed by atoms with Gasteiger partial charge in [-0.3, -0.25) is 10.0 Å². The topological polar surface area (TPSA) is 87.6 Å². The minimum absolute atomic E-state index is 0.336. The molecule has 134 valence electrons. The fourth-order valence-electron chi connectivity index (χ4n) is 2.48. The van der Waals surface area contributed by atoms with E-state index in [1.54, 1.807) is 25.0 Å². The van der Waals surface area contributed by atoms with Gasteiger partial charge in [-0.1, -0.05) is 18.9 Å². The van der Waals surface area contributed by atoms with Gasteiger partial charge in [0, 0.05) is 19.2 Å². The first-order chi connectivity index (χ1) is 12.2. The molecule has 0 radical (unpaired) electrons. The number of nitrogens with zero attached hydrogens (tertiary/aromatic N) is 3. The minimum atomic E-state index is -0.336. The molecule has 2 rings (SSSR count). The highest BCUT2D eigenvalue weighted by atomic mass is 16.5. The largest absolute Gasteiger partial charge is 0.495 e. The Labute approximate surface area is 147 Å². The standard InChI is InChI=1S/C18H24N4O3/c1-25-15-10-11-17(20-14-15)22(16-8-5-6-12-19-16)13-7-3-2-4-9-18(23)21-24/h5-6,8,10-12,14,24H,2-4,7,9,13H2,1H3,(H,21,23). The fourth-order valence-corrected chi connectivity index (χ4v) is 2.48. The van der Waals surface area contributed by atoms with E-state index in [9.17, 15) is 4.79 Å². The van der Waals surface area contributed by atoms with Gasteiger partial charge in [-0.2, -0.15) is 0 Å². The molecule has 7 heteroatoms. The highest BCUT2D eigenvalue weighted by Crippen LogP contribution is 2.23. The summed E-state index contributed by atoms with van der Waals surface area (Å²) in [6.45, 7) is 0.780. The number of nitrogens with one attached hydrogen (secondary N) is 1. The molecule has 0 saturated carbocycles. The summed E-state index contributed by atoms with van der Waals surface area (Å²) in [5.41, 5.74) is 1.65. The summed E-state index contributed by atoms with van der Waals surface area (Å²) in [5.74, 6) is 2.04. The van der Waals surface area contributed by atoms with E-state index in [2.05, 4.69) is 14.9 Å². The molecule has 7 nitrogen and oxygen atoms in total. The first-order valence-electron chi connectivity index (χ1n) is 8.36. The van der Waals surface area contributed by atoms with Crippen LogP contribution in [0.1, 0.15) is 32.1 Å². The average Bonchev–Trinajstić information content (AvgIpc) is 2.68. The van der Waals surface area contributed by atoms with Gasteiger partial charge >= 0.3 is 0 Å². The molecule has 2 N–H and O–H groups in total. The Bertz CT molecular complexity index is 635. The number of hydrogen-bond acceptors (Lipinski definition) is 6. The number of ether oxygens (including phenoxy) is 1. The van der Waals surface area contributed by atoms with Gasteiger partial charge in [0.15, 0.2) is 0 Å². The van der Waals surface area contributed by atoms with Gasteiger partial charge in [-0.05, 0) is 37.1 Å². The summed E-state index contributed by atoms with van der Waals surface area (Å²) < 4.78 is 5.16. The van der Waals surface area contributed by atoms with Gasteiger partial charge < -0.3 is 9.64 Å². The van der Waals surface area contributed by atoms with Crippen LogP contribution in [0.25, 0.3) is 0 Å². The number of carbonyl (C=O) groups is 1. The lowest BCUT2D eigenvalue weighted by molar-refractivity contribution is -0.129. The quantitative estimate of drug-likeness (QED) is 0.391. The summed E-state index contributed by atoms with van der Waals surface area (Å²) >= 11 is 0. The summed E-state index contributed by atoms with van der Waals surface area (Å²) in [6.07, 6.45) is 7.43. The zero-order valence-electron chi connectivity index (χ0n) is 14.4. The second kappa shape index (κ2) is 10.2. The molecule has 0 aliphatic carbocycles. The highest BCUT2D eigenvalue weighted by molar-refractivity contribution is 5.74. The molecule has 0 saturated heterocycles. The van der Waals surface area contributed by atoms with Gasteiger partial charge in [0.2, 0.25) is 5.91 Å². The number of rotatable bonds is 10. The van der Waals surface area contributed by atoms with E-state index >= 15 is 0 Å². The molecule has 2 aromatic rings. The lowest BCUT2D eigenvalue weighted by atomic mass is 10.1. The zero-order chi connectivity index (χ0) is 17.9. The van der Waals surface area contributed by atoms with E-state index in [-0.39, 0.29) is 5.91 Å². The molecule has 2 aromatic heterocycles. The molecule has 0 aliphatic rings. The molecule has 2 heterocycles. The number of carbonyl (C=O) groups excluding carboxylic acids is 1. The number of anilines is 2. The average molecular weight is 344 g/mol. The van der Waals surface area contributed by atoms with Crippen LogP contribution in [0.15, 0.2) is 42.7 Å². The first-order valence-corrected chi connectivity index (χ1v) is 8.36. The van der Waals surface area contributed by atoms with E-state index < -0.39 is 0 Å². The molecule has 0 aliphatic heterocycles. The number of hydroxylamine groups is 1. The third kappa shape index (κ3) is 6.04. The fraction of sp³-hybridized carbons (Fsp3) is 0.389.